The van der Waals surface area contributed by atoms with Gasteiger partial charge in [0.1, 0.15) is 4.88 Å². The zero-order valence-electron chi connectivity index (χ0n) is 8.61. The molecular formula is C9H10BrN3O3S. The molecule has 1 aliphatic rings. The highest BCUT2D eigenvalue weighted by atomic mass is 79.9. The zero-order chi connectivity index (χ0) is 12.4. The first-order chi connectivity index (χ1) is 8.06. The third-order valence-corrected chi connectivity index (χ3v) is 3.94. The van der Waals surface area contributed by atoms with E-state index in [1.54, 1.807) is 0 Å². The van der Waals surface area contributed by atoms with Crippen molar-refractivity contribution in [3.63, 3.8) is 0 Å². The molecule has 92 valence electrons. The van der Waals surface area contributed by atoms with E-state index in [1.807, 2.05) is 0 Å². The molecular weight excluding hydrogens is 310 g/mol. The van der Waals surface area contributed by atoms with Crippen molar-refractivity contribution in [2.45, 2.75) is 6.10 Å². The van der Waals surface area contributed by atoms with Gasteiger partial charge in [-0.2, -0.15) is 0 Å². The number of halogens is 1. The van der Waals surface area contributed by atoms with Crippen LogP contribution in [0.4, 0.5) is 5.69 Å². The number of aromatic carboxylic acids is 1. The smallest absolute Gasteiger partial charge is 0.345 e. The second-order valence-electron chi connectivity index (χ2n) is 3.45. The lowest BCUT2D eigenvalue weighted by molar-refractivity contribution is 0.0702. The van der Waals surface area contributed by atoms with Crippen LogP contribution in [0.5, 0.6) is 0 Å². The fourth-order valence-electron chi connectivity index (χ4n) is 1.30. The van der Waals surface area contributed by atoms with E-state index in [-0.39, 0.29) is 4.88 Å². The summed E-state index contributed by atoms with van der Waals surface area (Å²) in [5, 5.41) is 24.0. The normalized spacial score (nSPS) is 19.4. The first-order valence-electron chi connectivity index (χ1n) is 4.82. The van der Waals surface area contributed by atoms with Gasteiger partial charge in [0.05, 0.1) is 22.1 Å². The molecule has 1 aromatic heterocycles. The van der Waals surface area contributed by atoms with E-state index in [0.717, 1.165) is 11.3 Å². The summed E-state index contributed by atoms with van der Waals surface area (Å²) in [6.45, 7) is 0.766. The van der Waals surface area contributed by atoms with Crippen molar-refractivity contribution in [2.24, 2.45) is 4.99 Å². The highest BCUT2D eigenvalue weighted by Gasteiger charge is 2.16. The summed E-state index contributed by atoms with van der Waals surface area (Å²) in [7, 11) is 0. The lowest BCUT2D eigenvalue weighted by Crippen LogP contribution is -2.42. The number of hydrogen-bond acceptors (Lipinski definition) is 6. The van der Waals surface area contributed by atoms with Gasteiger partial charge < -0.3 is 20.8 Å². The Hall–Kier alpha value is -1.12. The molecule has 2 heterocycles. The first kappa shape index (κ1) is 12.3. The van der Waals surface area contributed by atoms with Crippen LogP contribution in [0.15, 0.2) is 14.8 Å². The highest BCUT2D eigenvalue weighted by molar-refractivity contribution is 9.11. The van der Waals surface area contributed by atoms with Crippen LogP contribution in [0.2, 0.25) is 0 Å². The fraction of sp³-hybridized carbons (Fsp3) is 0.333. The average molecular weight is 320 g/mol. The number of thiophene rings is 1. The molecule has 0 spiro atoms. The Morgan fingerprint density at radius 3 is 3.00 bits per heavy atom. The largest absolute Gasteiger partial charge is 0.477 e. The lowest BCUT2D eigenvalue weighted by atomic mass is 10.3. The molecule has 0 radical (unpaired) electrons. The fourth-order valence-corrected chi connectivity index (χ4v) is 2.72. The Bertz CT molecular complexity index is 474. The predicted molar refractivity (Wildman–Crippen MR) is 68.9 cm³/mol. The van der Waals surface area contributed by atoms with Crippen molar-refractivity contribution in [2.75, 3.05) is 18.4 Å². The minimum atomic E-state index is -0.960. The number of aliphatic imine (C=N–C) groups is 1. The number of carbonyl (C=O) groups is 1. The predicted octanol–water partition coefficient (Wildman–Crippen LogP) is 0.941. The SMILES string of the molecule is O=C(O)c1cc(NC2=NCC(O)CN2)c(Br)s1. The molecule has 0 aromatic carbocycles. The number of guanidine groups is 1. The number of nitrogens with one attached hydrogen (secondary N) is 2. The number of anilines is 1. The van der Waals surface area contributed by atoms with Gasteiger partial charge >= 0.3 is 5.97 Å². The molecule has 0 fully saturated rings. The minimum absolute atomic E-state index is 0.246. The van der Waals surface area contributed by atoms with E-state index < -0.39 is 12.1 Å². The summed E-state index contributed by atoms with van der Waals surface area (Å²) < 4.78 is 0.700. The highest BCUT2D eigenvalue weighted by Crippen LogP contribution is 2.32. The molecule has 0 amide bonds. The van der Waals surface area contributed by atoms with Crippen molar-refractivity contribution >= 4 is 44.9 Å². The molecule has 4 N–H and O–H groups in total. The summed E-state index contributed by atoms with van der Waals surface area (Å²) in [5.74, 6) is -0.427. The Morgan fingerprint density at radius 1 is 1.71 bits per heavy atom. The Morgan fingerprint density at radius 2 is 2.47 bits per heavy atom. The minimum Gasteiger partial charge on any atom is -0.477 e. The number of rotatable bonds is 2. The van der Waals surface area contributed by atoms with E-state index in [9.17, 15) is 9.90 Å². The number of β-amino-alcohol motifs (C(OH)–C–C–N with tert-alkyl or cyclic N) is 1. The van der Waals surface area contributed by atoms with Gasteiger partial charge in [-0.15, -0.1) is 11.3 Å². The van der Waals surface area contributed by atoms with Crippen LogP contribution in [0, 0.1) is 0 Å². The maximum absolute atomic E-state index is 10.8. The van der Waals surface area contributed by atoms with Gasteiger partial charge in [0.25, 0.3) is 0 Å². The number of aliphatic hydroxyl groups is 1. The van der Waals surface area contributed by atoms with Gasteiger partial charge in [-0.3, -0.25) is 4.99 Å². The van der Waals surface area contributed by atoms with Crippen LogP contribution in [0.1, 0.15) is 9.67 Å². The van der Waals surface area contributed by atoms with Gasteiger partial charge in [-0.25, -0.2) is 4.79 Å². The molecule has 0 aliphatic carbocycles. The zero-order valence-corrected chi connectivity index (χ0v) is 11.0. The number of carboxylic acid groups (broad SMARTS) is 1. The van der Waals surface area contributed by atoms with E-state index in [1.165, 1.54) is 6.07 Å². The number of nitrogens with zero attached hydrogens (tertiary/aromatic N) is 1. The van der Waals surface area contributed by atoms with E-state index in [2.05, 4.69) is 31.6 Å². The Kier molecular flexibility index (Phi) is 3.65. The molecule has 1 aromatic rings. The molecule has 0 saturated heterocycles. The molecule has 0 saturated carbocycles. The van der Waals surface area contributed by atoms with Gasteiger partial charge in [0.15, 0.2) is 5.96 Å². The average Bonchev–Trinajstić information content (AvgIpc) is 2.64. The second-order valence-corrected chi connectivity index (χ2v) is 5.82. The number of hydrogen-bond donors (Lipinski definition) is 4. The van der Waals surface area contributed by atoms with Crippen molar-refractivity contribution in [1.29, 1.82) is 0 Å². The van der Waals surface area contributed by atoms with Crippen LogP contribution in [0.3, 0.4) is 0 Å². The van der Waals surface area contributed by atoms with Crippen molar-refractivity contribution < 1.29 is 15.0 Å². The first-order valence-corrected chi connectivity index (χ1v) is 6.43. The molecule has 1 aliphatic heterocycles. The third-order valence-electron chi connectivity index (χ3n) is 2.12. The molecule has 17 heavy (non-hydrogen) atoms. The van der Waals surface area contributed by atoms with E-state index in [0.29, 0.717) is 28.5 Å². The number of aliphatic hydroxyl groups excluding tert-OH is 1. The van der Waals surface area contributed by atoms with E-state index >= 15 is 0 Å². The lowest BCUT2D eigenvalue weighted by Gasteiger charge is -2.19. The summed E-state index contributed by atoms with van der Waals surface area (Å²) in [5.41, 5.74) is 0.648. The van der Waals surface area contributed by atoms with Crippen LogP contribution >= 0.6 is 27.3 Å². The maximum atomic E-state index is 10.8. The van der Waals surface area contributed by atoms with Crippen LogP contribution in [-0.4, -0.2) is 41.3 Å². The Labute approximate surface area is 110 Å². The summed E-state index contributed by atoms with van der Waals surface area (Å²) in [4.78, 5) is 15.1. The third kappa shape index (κ3) is 2.96. The van der Waals surface area contributed by atoms with Crippen LogP contribution in [-0.2, 0) is 0 Å². The van der Waals surface area contributed by atoms with Gasteiger partial charge in [-0.1, -0.05) is 0 Å². The van der Waals surface area contributed by atoms with Crippen LogP contribution < -0.4 is 10.6 Å². The van der Waals surface area contributed by atoms with Crippen molar-refractivity contribution in [1.82, 2.24) is 5.32 Å². The molecule has 2 rings (SSSR count). The van der Waals surface area contributed by atoms with Gasteiger partial charge in [0.2, 0.25) is 0 Å². The Balaban J connectivity index is 2.11. The topological polar surface area (TPSA) is 94.0 Å². The molecule has 0 bridgehead atoms. The molecule has 1 unspecified atom stereocenters. The molecule has 8 heteroatoms. The standard InChI is InChI=1S/C9H10BrN3O3S/c10-7-5(1-6(17-7)8(15)16)13-9-11-2-4(14)3-12-9/h1,4,14H,2-3H2,(H,15,16)(H2,11,12,13). The quantitative estimate of drug-likeness (QED) is 0.651. The second kappa shape index (κ2) is 5.03. The summed E-state index contributed by atoms with van der Waals surface area (Å²) in [6, 6.07) is 1.53. The monoisotopic (exact) mass is 319 g/mol. The summed E-state index contributed by atoms with van der Waals surface area (Å²) >= 11 is 4.42. The van der Waals surface area contributed by atoms with Crippen molar-refractivity contribution in [3.05, 3.63) is 14.7 Å². The maximum Gasteiger partial charge on any atom is 0.345 e. The van der Waals surface area contributed by atoms with Gasteiger partial charge in [0, 0.05) is 6.54 Å². The number of carboxylic acids is 1. The van der Waals surface area contributed by atoms with E-state index in [4.69, 9.17) is 5.11 Å². The summed E-state index contributed by atoms with van der Waals surface area (Å²) in [6.07, 6.45) is -0.471. The molecule has 6 nitrogen and oxygen atoms in total. The van der Waals surface area contributed by atoms with Crippen molar-refractivity contribution in [3.8, 4) is 0 Å². The molecule has 1 atom stereocenters. The van der Waals surface area contributed by atoms with Gasteiger partial charge in [-0.05, 0) is 22.0 Å². The van der Waals surface area contributed by atoms with Crippen LogP contribution in [0.25, 0.3) is 0 Å².